The van der Waals surface area contributed by atoms with Crippen LogP contribution in [-0.4, -0.2) is 29.4 Å². The van der Waals surface area contributed by atoms with Crippen molar-refractivity contribution in [3.63, 3.8) is 0 Å². The lowest BCUT2D eigenvalue weighted by Gasteiger charge is -2.16. The van der Waals surface area contributed by atoms with Gasteiger partial charge >= 0.3 is 0 Å². The number of nitrogens with two attached hydrogens (primary N) is 1. The Bertz CT molecular complexity index is 365. The van der Waals surface area contributed by atoms with Gasteiger partial charge in [0, 0.05) is 18.3 Å². The van der Waals surface area contributed by atoms with Crippen LogP contribution in [0.15, 0.2) is 5.51 Å². The SMILES string of the molecule is Cc1ncsc1CN(C)C(=O)CCCCCCN. The summed E-state index contributed by atoms with van der Waals surface area (Å²) in [6.45, 7) is 3.41. The quantitative estimate of drug-likeness (QED) is 0.737. The van der Waals surface area contributed by atoms with Crippen molar-refractivity contribution in [3.05, 3.63) is 16.1 Å². The normalized spacial score (nSPS) is 10.6. The lowest BCUT2D eigenvalue weighted by molar-refractivity contribution is -0.130. The lowest BCUT2D eigenvalue weighted by Crippen LogP contribution is -2.25. The molecule has 1 aromatic heterocycles. The van der Waals surface area contributed by atoms with Crippen LogP contribution in [0.2, 0.25) is 0 Å². The van der Waals surface area contributed by atoms with Gasteiger partial charge in [-0.25, -0.2) is 4.98 Å². The van der Waals surface area contributed by atoms with E-state index in [0.29, 0.717) is 13.0 Å². The van der Waals surface area contributed by atoms with Crippen molar-refractivity contribution in [3.8, 4) is 0 Å². The first-order valence-electron chi connectivity index (χ1n) is 6.48. The molecule has 0 unspecified atom stereocenters. The van der Waals surface area contributed by atoms with Crippen molar-refractivity contribution < 1.29 is 4.79 Å². The molecule has 0 saturated heterocycles. The van der Waals surface area contributed by atoms with Gasteiger partial charge in [-0.1, -0.05) is 12.8 Å². The van der Waals surface area contributed by atoms with Crippen LogP contribution in [0.1, 0.15) is 42.7 Å². The van der Waals surface area contributed by atoms with Crippen molar-refractivity contribution in [2.24, 2.45) is 5.73 Å². The van der Waals surface area contributed by atoms with E-state index in [-0.39, 0.29) is 5.91 Å². The summed E-state index contributed by atoms with van der Waals surface area (Å²) in [4.78, 5) is 19.1. The Morgan fingerprint density at radius 1 is 1.39 bits per heavy atom. The minimum absolute atomic E-state index is 0.218. The van der Waals surface area contributed by atoms with Crippen molar-refractivity contribution >= 4 is 17.2 Å². The maximum absolute atomic E-state index is 11.9. The van der Waals surface area contributed by atoms with Gasteiger partial charge in [-0.15, -0.1) is 11.3 Å². The second-order valence-corrected chi connectivity index (χ2v) is 5.50. The van der Waals surface area contributed by atoms with E-state index in [4.69, 9.17) is 5.73 Å². The molecular formula is C13H23N3OS. The van der Waals surface area contributed by atoms with E-state index in [2.05, 4.69) is 4.98 Å². The fraction of sp³-hybridized carbons (Fsp3) is 0.692. The lowest BCUT2D eigenvalue weighted by atomic mass is 10.1. The molecule has 0 saturated carbocycles. The molecule has 0 aliphatic rings. The zero-order chi connectivity index (χ0) is 13.4. The fourth-order valence-electron chi connectivity index (χ4n) is 1.75. The van der Waals surface area contributed by atoms with Gasteiger partial charge in [-0.3, -0.25) is 4.79 Å². The largest absolute Gasteiger partial charge is 0.341 e. The van der Waals surface area contributed by atoms with Crippen LogP contribution in [0.5, 0.6) is 0 Å². The van der Waals surface area contributed by atoms with Gasteiger partial charge in [0.1, 0.15) is 0 Å². The van der Waals surface area contributed by atoms with E-state index in [1.165, 1.54) is 4.88 Å². The topological polar surface area (TPSA) is 59.2 Å². The van der Waals surface area contributed by atoms with Crippen molar-refractivity contribution in [1.82, 2.24) is 9.88 Å². The molecule has 18 heavy (non-hydrogen) atoms. The number of aromatic nitrogens is 1. The molecule has 0 aliphatic heterocycles. The van der Waals surface area contributed by atoms with E-state index in [1.54, 1.807) is 16.2 Å². The molecule has 0 fully saturated rings. The van der Waals surface area contributed by atoms with Crippen LogP contribution in [-0.2, 0) is 11.3 Å². The summed E-state index contributed by atoms with van der Waals surface area (Å²) in [5, 5.41) is 0. The summed E-state index contributed by atoms with van der Waals surface area (Å²) in [7, 11) is 1.86. The number of hydrogen-bond acceptors (Lipinski definition) is 4. The zero-order valence-electron chi connectivity index (χ0n) is 11.3. The highest BCUT2D eigenvalue weighted by molar-refractivity contribution is 7.09. The smallest absolute Gasteiger partial charge is 0.222 e. The van der Waals surface area contributed by atoms with E-state index in [9.17, 15) is 4.79 Å². The van der Waals surface area contributed by atoms with E-state index >= 15 is 0 Å². The zero-order valence-corrected chi connectivity index (χ0v) is 12.1. The maximum Gasteiger partial charge on any atom is 0.222 e. The van der Waals surface area contributed by atoms with E-state index in [0.717, 1.165) is 37.9 Å². The third-order valence-electron chi connectivity index (χ3n) is 3.00. The number of nitrogens with zero attached hydrogens (tertiary/aromatic N) is 2. The first-order chi connectivity index (χ1) is 8.65. The number of aryl methyl sites for hydroxylation is 1. The number of carbonyl (C=O) groups is 1. The van der Waals surface area contributed by atoms with Gasteiger partial charge in [0.15, 0.2) is 0 Å². The van der Waals surface area contributed by atoms with Crippen LogP contribution in [0.3, 0.4) is 0 Å². The predicted molar refractivity (Wildman–Crippen MR) is 75.5 cm³/mol. The Morgan fingerprint density at radius 3 is 2.72 bits per heavy atom. The highest BCUT2D eigenvalue weighted by Gasteiger charge is 2.11. The van der Waals surface area contributed by atoms with Crippen molar-refractivity contribution in [2.45, 2.75) is 45.6 Å². The van der Waals surface area contributed by atoms with Crippen LogP contribution in [0.25, 0.3) is 0 Å². The number of unbranched alkanes of at least 4 members (excludes halogenated alkanes) is 3. The summed E-state index contributed by atoms with van der Waals surface area (Å²) in [6, 6.07) is 0. The highest BCUT2D eigenvalue weighted by Crippen LogP contribution is 2.15. The number of thiazole rings is 1. The molecule has 0 atom stereocenters. The average molecular weight is 269 g/mol. The fourth-order valence-corrected chi connectivity index (χ4v) is 2.58. The first-order valence-corrected chi connectivity index (χ1v) is 7.36. The Hall–Kier alpha value is -0.940. The first kappa shape index (κ1) is 15.1. The molecule has 0 bridgehead atoms. The van der Waals surface area contributed by atoms with Gasteiger partial charge in [-0.2, -0.15) is 0 Å². The maximum atomic E-state index is 11.9. The van der Waals surface area contributed by atoms with E-state index < -0.39 is 0 Å². The molecular weight excluding hydrogens is 246 g/mol. The van der Waals surface area contributed by atoms with Crippen LogP contribution >= 0.6 is 11.3 Å². The highest BCUT2D eigenvalue weighted by atomic mass is 32.1. The number of rotatable bonds is 8. The van der Waals surface area contributed by atoms with Gasteiger partial charge in [0.05, 0.1) is 17.7 Å². The van der Waals surface area contributed by atoms with Crippen molar-refractivity contribution in [1.29, 1.82) is 0 Å². The number of hydrogen-bond donors (Lipinski definition) is 1. The Balaban J connectivity index is 2.23. The molecule has 1 heterocycles. The molecule has 1 rings (SSSR count). The third kappa shape index (κ3) is 5.14. The molecule has 0 spiro atoms. The minimum Gasteiger partial charge on any atom is -0.341 e. The molecule has 102 valence electrons. The molecule has 0 aliphatic carbocycles. The standard InChI is InChI=1S/C13H23N3OS/c1-11-12(18-10-15-11)9-16(2)13(17)7-5-3-4-6-8-14/h10H,3-9,14H2,1-2H3. The monoisotopic (exact) mass is 269 g/mol. The summed E-state index contributed by atoms with van der Waals surface area (Å²) < 4.78 is 0. The van der Waals surface area contributed by atoms with Crippen molar-refractivity contribution in [2.75, 3.05) is 13.6 Å². The second-order valence-electron chi connectivity index (χ2n) is 4.56. The number of carbonyl (C=O) groups excluding carboxylic acids is 1. The third-order valence-corrected chi connectivity index (χ3v) is 3.92. The average Bonchev–Trinajstić information content (AvgIpc) is 2.74. The van der Waals surface area contributed by atoms with Crippen LogP contribution < -0.4 is 5.73 Å². The van der Waals surface area contributed by atoms with Gasteiger partial charge < -0.3 is 10.6 Å². The molecule has 5 heteroatoms. The Morgan fingerprint density at radius 2 is 2.11 bits per heavy atom. The van der Waals surface area contributed by atoms with Gasteiger partial charge in [0.25, 0.3) is 0 Å². The summed E-state index contributed by atoms with van der Waals surface area (Å²) >= 11 is 1.61. The minimum atomic E-state index is 0.218. The Labute approximate surface area is 113 Å². The predicted octanol–water partition coefficient (Wildman–Crippen LogP) is 2.32. The molecule has 1 amide bonds. The van der Waals surface area contributed by atoms with Crippen LogP contribution in [0.4, 0.5) is 0 Å². The summed E-state index contributed by atoms with van der Waals surface area (Å²) in [5.41, 5.74) is 8.29. The summed E-state index contributed by atoms with van der Waals surface area (Å²) in [6.07, 6.45) is 4.88. The summed E-state index contributed by atoms with van der Waals surface area (Å²) in [5.74, 6) is 0.218. The van der Waals surface area contributed by atoms with Gasteiger partial charge in [-0.05, 0) is 26.3 Å². The van der Waals surface area contributed by atoms with Gasteiger partial charge in [0.2, 0.25) is 5.91 Å². The molecule has 4 nitrogen and oxygen atoms in total. The Kier molecular flexibility index (Phi) is 6.90. The molecule has 2 N–H and O–H groups in total. The molecule has 0 aromatic carbocycles. The van der Waals surface area contributed by atoms with Crippen LogP contribution in [0, 0.1) is 6.92 Å². The number of amides is 1. The molecule has 1 aromatic rings. The molecule has 0 radical (unpaired) electrons. The second kappa shape index (κ2) is 8.21. The van der Waals surface area contributed by atoms with E-state index in [1.807, 2.05) is 19.5 Å².